The molecule has 5 nitrogen and oxygen atoms in total. The molecule has 2 N–H and O–H groups in total. The molecular weight excluding hydrogens is 242 g/mol. The number of nitrogens with zero attached hydrogens (tertiary/aromatic N) is 1. The minimum Gasteiger partial charge on any atom is -0.381 e. The van der Waals surface area contributed by atoms with Gasteiger partial charge >= 0.3 is 0 Å². The van der Waals surface area contributed by atoms with Crippen molar-refractivity contribution in [2.75, 3.05) is 32.1 Å². The van der Waals surface area contributed by atoms with E-state index in [2.05, 4.69) is 22.5 Å². The summed E-state index contributed by atoms with van der Waals surface area (Å²) in [5.41, 5.74) is 0.575. The third kappa shape index (κ3) is 6.20. The van der Waals surface area contributed by atoms with Crippen molar-refractivity contribution in [3.63, 3.8) is 0 Å². The molecule has 19 heavy (non-hydrogen) atoms. The van der Waals surface area contributed by atoms with E-state index in [0.29, 0.717) is 18.7 Å². The van der Waals surface area contributed by atoms with Gasteiger partial charge in [0.15, 0.2) is 0 Å². The van der Waals surface area contributed by atoms with Crippen LogP contribution in [0.25, 0.3) is 0 Å². The monoisotopic (exact) mass is 265 g/mol. The van der Waals surface area contributed by atoms with Gasteiger partial charge in [-0.05, 0) is 25.0 Å². The van der Waals surface area contributed by atoms with Crippen LogP contribution in [0.4, 0.5) is 5.82 Å². The van der Waals surface area contributed by atoms with Gasteiger partial charge in [-0.3, -0.25) is 4.79 Å². The molecule has 0 spiro atoms. The molecule has 0 radical (unpaired) electrons. The first-order valence-electron chi connectivity index (χ1n) is 6.77. The van der Waals surface area contributed by atoms with E-state index in [9.17, 15) is 4.79 Å². The van der Waals surface area contributed by atoms with Crippen LogP contribution in [0.3, 0.4) is 0 Å². The van der Waals surface area contributed by atoms with Crippen LogP contribution < -0.4 is 10.6 Å². The molecule has 1 rings (SSSR count). The highest BCUT2D eigenvalue weighted by molar-refractivity contribution is 5.93. The second-order valence-electron chi connectivity index (χ2n) is 4.26. The largest absolute Gasteiger partial charge is 0.381 e. The molecule has 1 heterocycles. The predicted octanol–water partition coefficient (Wildman–Crippen LogP) is 2.06. The number of amides is 1. The van der Waals surface area contributed by atoms with Crippen LogP contribution in [-0.4, -0.2) is 37.7 Å². The highest BCUT2D eigenvalue weighted by Gasteiger charge is 2.04. The zero-order chi connectivity index (χ0) is 13.9. The quantitative estimate of drug-likeness (QED) is 0.671. The molecule has 0 bridgehead atoms. The molecule has 0 aromatic carbocycles. The summed E-state index contributed by atoms with van der Waals surface area (Å²) in [5, 5.41) is 5.76. The number of hydrogen-bond donors (Lipinski definition) is 2. The van der Waals surface area contributed by atoms with Crippen molar-refractivity contribution in [1.82, 2.24) is 10.3 Å². The zero-order valence-corrected chi connectivity index (χ0v) is 11.7. The maximum Gasteiger partial charge on any atom is 0.252 e. The summed E-state index contributed by atoms with van der Waals surface area (Å²) < 4.78 is 5.42. The van der Waals surface area contributed by atoms with Crippen LogP contribution in [0.15, 0.2) is 18.3 Å². The number of unbranched alkanes of at least 4 members (excludes halogenated alkanes) is 1. The first-order chi connectivity index (χ1) is 9.27. The van der Waals surface area contributed by atoms with E-state index in [0.717, 1.165) is 31.7 Å². The second-order valence-corrected chi connectivity index (χ2v) is 4.26. The van der Waals surface area contributed by atoms with Gasteiger partial charge in [0.1, 0.15) is 5.82 Å². The average Bonchev–Trinajstić information content (AvgIpc) is 2.46. The van der Waals surface area contributed by atoms with E-state index in [4.69, 9.17) is 4.74 Å². The number of pyridine rings is 1. The van der Waals surface area contributed by atoms with Crippen molar-refractivity contribution in [3.8, 4) is 0 Å². The van der Waals surface area contributed by atoms with Gasteiger partial charge in [-0.25, -0.2) is 4.98 Å². The Balaban J connectivity index is 2.16. The van der Waals surface area contributed by atoms with E-state index < -0.39 is 0 Å². The number of hydrogen-bond acceptors (Lipinski definition) is 4. The lowest BCUT2D eigenvalue weighted by molar-refractivity contribution is 0.0940. The van der Waals surface area contributed by atoms with Gasteiger partial charge in [-0.15, -0.1) is 0 Å². The summed E-state index contributed by atoms with van der Waals surface area (Å²) in [5.74, 6) is 0.657. The minimum atomic E-state index is -0.0938. The summed E-state index contributed by atoms with van der Waals surface area (Å²) in [6.07, 6.45) is 4.64. The highest BCUT2D eigenvalue weighted by atomic mass is 16.5. The van der Waals surface area contributed by atoms with E-state index in [-0.39, 0.29) is 5.91 Å². The van der Waals surface area contributed by atoms with Gasteiger partial charge in [-0.1, -0.05) is 13.3 Å². The van der Waals surface area contributed by atoms with E-state index in [1.54, 1.807) is 25.4 Å². The van der Waals surface area contributed by atoms with Gasteiger partial charge in [0, 0.05) is 33.0 Å². The van der Waals surface area contributed by atoms with Gasteiger partial charge in [0.2, 0.25) is 0 Å². The van der Waals surface area contributed by atoms with E-state index in [1.807, 2.05) is 0 Å². The number of carbonyl (C=O) groups is 1. The normalized spacial score (nSPS) is 10.2. The summed E-state index contributed by atoms with van der Waals surface area (Å²) in [6, 6.07) is 3.54. The van der Waals surface area contributed by atoms with Crippen molar-refractivity contribution in [2.24, 2.45) is 0 Å². The molecule has 0 atom stereocenters. The van der Waals surface area contributed by atoms with E-state index in [1.165, 1.54) is 0 Å². The van der Waals surface area contributed by atoms with Crippen LogP contribution in [-0.2, 0) is 4.74 Å². The molecule has 1 aromatic heterocycles. The fraction of sp³-hybridized carbons (Fsp3) is 0.571. The Morgan fingerprint density at radius 1 is 1.32 bits per heavy atom. The van der Waals surface area contributed by atoms with Crippen molar-refractivity contribution >= 4 is 11.7 Å². The Morgan fingerprint density at radius 3 is 2.74 bits per heavy atom. The number of ether oxygens (including phenoxy) is 1. The summed E-state index contributed by atoms with van der Waals surface area (Å²) in [7, 11) is 1.79. The molecule has 0 fully saturated rings. The van der Waals surface area contributed by atoms with Gasteiger partial charge in [-0.2, -0.15) is 0 Å². The summed E-state index contributed by atoms with van der Waals surface area (Å²) in [4.78, 5) is 15.9. The van der Waals surface area contributed by atoms with Crippen molar-refractivity contribution in [3.05, 3.63) is 23.9 Å². The number of aromatic nitrogens is 1. The summed E-state index contributed by atoms with van der Waals surface area (Å²) >= 11 is 0. The molecule has 0 aliphatic carbocycles. The molecule has 1 amide bonds. The molecule has 0 aliphatic heterocycles. The summed E-state index contributed by atoms with van der Waals surface area (Å²) in [6.45, 7) is 4.26. The molecule has 0 saturated heterocycles. The molecule has 0 aliphatic rings. The molecule has 106 valence electrons. The van der Waals surface area contributed by atoms with Crippen LogP contribution in [0.2, 0.25) is 0 Å². The van der Waals surface area contributed by atoms with Gasteiger partial charge in [0.25, 0.3) is 5.91 Å². The van der Waals surface area contributed by atoms with Gasteiger partial charge < -0.3 is 15.4 Å². The smallest absolute Gasteiger partial charge is 0.252 e. The standard InChI is InChI=1S/C14H23N3O2/c1-3-4-9-19-10-5-8-16-14(18)12-6-7-13(15-2)17-11-12/h6-7,11H,3-5,8-10H2,1-2H3,(H,15,17)(H,16,18). The van der Waals surface area contributed by atoms with Crippen LogP contribution in [0.5, 0.6) is 0 Å². The van der Waals surface area contributed by atoms with Crippen molar-refractivity contribution < 1.29 is 9.53 Å². The lowest BCUT2D eigenvalue weighted by atomic mass is 10.2. The maximum absolute atomic E-state index is 11.8. The molecule has 0 saturated carbocycles. The lowest BCUT2D eigenvalue weighted by Crippen LogP contribution is -2.25. The van der Waals surface area contributed by atoms with Crippen molar-refractivity contribution in [2.45, 2.75) is 26.2 Å². The third-order valence-electron chi connectivity index (χ3n) is 2.68. The zero-order valence-electron chi connectivity index (χ0n) is 11.7. The molecule has 0 unspecified atom stereocenters. The number of rotatable bonds is 9. The Hall–Kier alpha value is -1.62. The Bertz CT molecular complexity index is 365. The van der Waals surface area contributed by atoms with Crippen LogP contribution in [0.1, 0.15) is 36.5 Å². The number of carbonyl (C=O) groups excluding carboxylic acids is 1. The van der Waals surface area contributed by atoms with Gasteiger partial charge in [0.05, 0.1) is 5.56 Å². The Morgan fingerprint density at radius 2 is 2.11 bits per heavy atom. The SMILES string of the molecule is CCCCOCCCNC(=O)c1ccc(NC)nc1. The first kappa shape index (κ1) is 15.4. The number of anilines is 1. The first-order valence-corrected chi connectivity index (χ1v) is 6.77. The Labute approximate surface area is 114 Å². The fourth-order valence-corrected chi connectivity index (χ4v) is 1.50. The second kappa shape index (κ2) is 9.33. The van der Waals surface area contributed by atoms with Crippen LogP contribution in [0, 0.1) is 0 Å². The fourth-order valence-electron chi connectivity index (χ4n) is 1.50. The topological polar surface area (TPSA) is 63.2 Å². The lowest BCUT2D eigenvalue weighted by Gasteiger charge is -2.06. The van der Waals surface area contributed by atoms with E-state index >= 15 is 0 Å². The highest BCUT2D eigenvalue weighted by Crippen LogP contribution is 2.03. The average molecular weight is 265 g/mol. The Kier molecular flexibility index (Phi) is 7.58. The molecule has 1 aromatic rings. The van der Waals surface area contributed by atoms with Crippen LogP contribution >= 0.6 is 0 Å². The molecular formula is C14H23N3O2. The minimum absolute atomic E-state index is 0.0938. The molecule has 5 heteroatoms. The maximum atomic E-state index is 11.8. The number of nitrogens with one attached hydrogen (secondary N) is 2. The van der Waals surface area contributed by atoms with Crippen molar-refractivity contribution in [1.29, 1.82) is 0 Å². The third-order valence-corrected chi connectivity index (χ3v) is 2.68. The predicted molar refractivity (Wildman–Crippen MR) is 76.5 cm³/mol.